The van der Waals surface area contributed by atoms with Crippen molar-refractivity contribution in [2.24, 2.45) is 5.16 Å². The average molecular weight is 403 g/mol. The van der Waals surface area contributed by atoms with Crippen molar-refractivity contribution in [3.05, 3.63) is 77.9 Å². The highest BCUT2D eigenvalue weighted by atomic mass is 19.4. The van der Waals surface area contributed by atoms with Crippen LogP contribution in [0.5, 0.6) is 11.5 Å². The van der Waals surface area contributed by atoms with E-state index in [0.29, 0.717) is 29.3 Å². The van der Waals surface area contributed by atoms with Gasteiger partial charge in [0.25, 0.3) is 0 Å². The fourth-order valence-corrected chi connectivity index (χ4v) is 2.90. The molecule has 3 aromatic rings. The number of hydrogen-bond donors (Lipinski definition) is 0. The molecule has 29 heavy (non-hydrogen) atoms. The number of alkyl halides is 3. The molecule has 0 N–H and O–H groups in total. The van der Waals surface area contributed by atoms with Gasteiger partial charge in [-0.15, -0.1) is 0 Å². The number of nitrogens with zero attached hydrogens (tertiary/aromatic N) is 3. The minimum Gasteiger partial charge on any atom is -0.454 e. The molecular weight excluding hydrogens is 387 g/mol. The number of halogens is 3. The zero-order valence-electron chi connectivity index (χ0n) is 15.1. The quantitative estimate of drug-likeness (QED) is 0.456. The van der Waals surface area contributed by atoms with Gasteiger partial charge in [0.05, 0.1) is 18.4 Å². The molecular formula is C20H16F3N3O3. The van der Waals surface area contributed by atoms with Crippen molar-refractivity contribution in [2.75, 3.05) is 6.79 Å². The van der Waals surface area contributed by atoms with Crippen molar-refractivity contribution in [1.82, 2.24) is 9.55 Å². The van der Waals surface area contributed by atoms with Gasteiger partial charge in [-0.05, 0) is 24.3 Å². The van der Waals surface area contributed by atoms with Crippen LogP contribution in [0.25, 0.3) is 0 Å². The fourth-order valence-electron chi connectivity index (χ4n) is 2.90. The third-order valence-electron chi connectivity index (χ3n) is 4.31. The average Bonchev–Trinajstić information content (AvgIpc) is 3.38. The first-order valence-electron chi connectivity index (χ1n) is 8.70. The molecule has 150 valence electrons. The lowest BCUT2D eigenvalue weighted by Gasteiger charge is -2.12. The summed E-state index contributed by atoms with van der Waals surface area (Å²) in [5, 5.41) is 4.12. The standard InChI is InChI=1S/C20H16F3N3O3/c21-20(22,23)16-4-2-1-3-15(16)11-29-25-17(10-26-8-7-24-12-26)14-5-6-18-19(9-14)28-13-27-18/h1-9,12H,10-11,13H2/b25-17+. The van der Waals surface area contributed by atoms with E-state index in [0.717, 1.165) is 6.07 Å². The minimum absolute atomic E-state index is 0.0106. The van der Waals surface area contributed by atoms with Crippen molar-refractivity contribution >= 4 is 5.71 Å². The van der Waals surface area contributed by atoms with Crippen LogP contribution >= 0.6 is 0 Å². The number of rotatable bonds is 6. The maximum absolute atomic E-state index is 13.2. The third-order valence-corrected chi connectivity index (χ3v) is 4.31. The van der Waals surface area contributed by atoms with Crippen LogP contribution in [0.2, 0.25) is 0 Å². The Bertz CT molecular complexity index is 1020. The number of oxime groups is 1. The summed E-state index contributed by atoms with van der Waals surface area (Å²) in [6.45, 7) is 0.145. The van der Waals surface area contributed by atoms with Gasteiger partial charge in [-0.2, -0.15) is 13.2 Å². The second kappa shape index (κ2) is 7.86. The van der Waals surface area contributed by atoms with Crippen molar-refractivity contribution in [1.29, 1.82) is 0 Å². The number of hydrogen-bond acceptors (Lipinski definition) is 5. The first-order valence-corrected chi connectivity index (χ1v) is 8.70. The Labute approximate surface area is 164 Å². The van der Waals surface area contributed by atoms with E-state index in [1.165, 1.54) is 18.2 Å². The number of fused-ring (bicyclic) bond motifs is 1. The summed E-state index contributed by atoms with van der Waals surface area (Å²) in [5.41, 5.74) is 0.476. The molecule has 0 fully saturated rings. The normalized spacial score (nSPS) is 13.6. The summed E-state index contributed by atoms with van der Waals surface area (Å²) >= 11 is 0. The Hall–Kier alpha value is -3.49. The lowest BCUT2D eigenvalue weighted by Crippen LogP contribution is -2.12. The topological polar surface area (TPSA) is 57.9 Å². The Morgan fingerprint density at radius 3 is 2.76 bits per heavy atom. The van der Waals surface area contributed by atoms with Gasteiger partial charge in [0, 0.05) is 23.5 Å². The van der Waals surface area contributed by atoms with Crippen LogP contribution in [0.1, 0.15) is 16.7 Å². The molecule has 0 radical (unpaired) electrons. The van der Waals surface area contributed by atoms with Crippen molar-refractivity contribution in [3.8, 4) is 11.5 Å². The zero-order valence-corrected chi connectivity index (χ0v) is 15.1. The van der Waals surface area contributed by atoms with Gasteiger partial charge < -0.3 is 18.9 Å². The summed E-state index contributed by atoms with van der Waals surface area (Å²) in [6.07, 6.45) is 0.529. The van der Waals surface area contributed by atoms with E-state index in [9.17, 15) is 13.2 Å². The molecule has 1 aliphatic heterocycles. The molecule has 2 aromatic carbocycles. The van der Waals surface area contributed by atoms with Gasteiger partial charge >= 0.3 is 6.18 Å². The van der Waals surface area contributed by atoms with E-state index in [4.69, 9.17) is 14.3 Å². The highest BCUT2D eigenvalue weighted by molar-refractivity contribution is 6.00. The Morgan fingerprint density at radius 2 is 1.97 bits per heavy atom. The highest BCUT2D eigenvalue weighted by Gasteiger charge is 2.33. The van der Waals surface area contributed by atoms with Gasteiger partial charge in [0.15, 0.2) is 11.5 Å². The predicted molar refractivity (Wildman–Crippen MR) is 97.6 cm³/mol. The van der Waals surface area contributed by atoms with Crippen LogP contribution in [0, 0.1) is 0 Å². The zero-order chi connectivity index (χ0) is 20.3. The summed E-state index contributed by atoms with van der Waals surface area (Å²) in [5.74, 6) is 1.19. The van der Waals surface area contributed by atoms with Gasteiger partial charge in [-0.25, -0.2) is 4.98 Å². The molecule has 0 atom stereocenters. The second-order valence-corrected chi connectivity index (χ2v) is 6.27. The fraction of sp³-hybridized carbons (Fsp3) is 0.200. The molecule has 0 spiro atoms. The highest BCUT2D eigenvalue weighted by Crippen LogP contribution is 2.33. The Balaban J connectivity index is 1.58. The molecule has 0 bridgehead atoms. The SMILES string of the molecule is FC(F)(F)c1ccccc1CO/N=C(\Cn1ccnc1)c1ccc2c(c1)OCO2. The summed E-state index contributed by atoms with van der Waals surface area (Å²) in [6, 6.07) is 10.6. The number of imidazole rings is 1. The van der Waals surface area contributed by atoms with Crippen LogP contribution in [-0.4, -0.2) is 22.1 Å². The molecule has 0 saturated carbocycles. The van der Waals surface area contributed by atoms with E-state index in [1.54, 1.807) is 41.5 Å². The maximum Gasteiger partial charge on any atom is 0.416 e. The molecule has 0 amide bonds. The van der Waals surface area contributed by atoms with E-state index in [1.807, 2.05) is 0 Å². The number of ether oxygens (including phenoxy) is 2. The molecule has 0 saturated heterocycles. The van der Waals surface area contributed by atoms with E-state index in [2.05, 4.69) is 10.1 Å². The molecule has 2 heterocycles. The molecule has 6 nitrogen and oxygen atoms in total. The van der Waals surface area contributed by atoms with Gasteiger partial charge in [0.2, 0.25) is 6.79 Å². The number of benzene rings is 2. The summed E-state index contributed by atoms with van der Waals surface area (Å²) < 4.78 is 51.9. The maximum atomic E-state index is 13.2. The molecule has 1 aromatic heterocycles. The van der Waals surface area contributed by atoms with Crippen LogP contribution in [0.3, 0.4) is 0 Å². The van der Waals surface area contributed by atoms with E-state index in [-0.39, 0.29) is 19.0 Å². The lowest BCUT2D eigenvalue weighted by molar-refractivity contribution is -0.138. The minimum atomic E-state index is -4.46. The molecule has 9 heteroatoms. The predicted octanol–water partition coefficient (Wildman–Crippen LogP) is 4.25. The van der Waals surface area contributed by atoms with Crippen molar-refractivity contribution in [2.45, 2.75) is 19.3 Å². The van der Waals surface area contributed by atoms with Crippen LogP contribution < -0.4 is 9.47 Å². The summed E-state index contributed by atoms with van der Waals surface area (Å²) in [4.78, 5) is 9.31. The van der Waals surface area contributed by atoms with Crippen molar-refractivity contribution < 1.29 is 27.5 Å². The van der Waals surface area contributed by atoms with Crippen LogP contribution in [0.4, 0.5) is 13.2 Å². The monoisotopic (exact) mass is 403 g/mol. The molecule has 4 rings (SSSR count). The van der Waals surface area contributed by atoms with Crippen molar-refractivity contribution in [3.63, 3.8) is 0 Å². The van der Waals surface area contributed by atoms with E-state index >= 15 is 0 Å². The largest absolute Gasteiger partial charge is 0.454 e. The lowest BCUT2D eigenvalue weighted by atomic mass is 10.1. The third kappa shape index (κ3) is 4.34. The molecule has 1 aliphatic rings. The first-order chi connectivity index (χ1) is 14.0. The Kier molecular flexibility index (Phi) is 5.11. The van der Waals surface area contributed by atoms with Crippen LogP contribution in [-0.2, 0) is 24.2 Å². The smallest absolute Gasteiger partial charge is 0.416 e. The molecule has 0 unspecified atom stereocenters. The van der Waals surface area contributed by atoms with Crippen LogP contribution in [0.15, 0.2) is 66.3 Å². The Morgan fingerprint density at radius 1 is 1.14 bits per heavy atom. The second-order valence-electron chi connectivity index (χ2n) is 6.27. The van der Waals surface area contributed by atoms with E-state index < -0.39 is 11.7 Å². The summed E-state index contributed by atoms with van der Waals surface area (Å²) in [7, 11) is 0. The first kappa shape index (κ1) is 18.9. The van der Waals surface area contributed by atoms with Gasteiger partial charge in [-0.3, -0.25) is 0 Å². The number of aromatic nitrogens is 2. The van der Waals surface area contributed by atoms with Gasteiger partial charge in [-0.1, -0.05) is 23.4 Å². The molecule has 0 aliphatic carbocycles. The van der Waals surface area contributed by atoms with Gasteiger partial charge in [0.1, 0.15) is 12.3 Å².